The molecule has 0 aliphatic rings. The van der Waals surface area contributed by atoms with Crippen molar-refractivity contribution in [2.24, 2.45) is 0 Å². The lowest BCUT2D eigenvalue weighted by Crippen LogP contribution is -2.12. The highest BCUT2D eigenvalue weighted by molar-refractivity contribution is 7.80. The van der Waals surface area contributed by atoms with Crippen LogP contribution in [0.4, 0.5) is 0 Å². The van der Waals surface area contributed by atoms with Crippen molar-refractivity contribution in [1.82, 2.24) is 10.6 Å². The van der Waals surface area contributed by atoms with Crippen LogP contribution in [0.5, 0.6) is 0 Å². The monoisotopic (exact) mass is 206 g/mol. The number of nitrogens with one attached hydrogen (secondary N) is 2. The summed E-state index contributed by atoms with van der Waals surface area (Å²) in [4.78, 5) is 1.85. The first kappa shape index (κ1) is 14.3. The van der Waals surface area contributed by atoms with Crippen molar-refractivity contribution in [3.63, 3.8) is 0 Å². The van der Waals surface area contributed by atoms with Crippen LogP contribution in [0.15, 0.2) is 0 Å². The topological polar surface area (TPSA) is 24.1 Å². The molecule has 72 valence electrons. The van der Waals surface area contributed by atoms with E-state index >= 15 is 0 Å². The van der Waals surface area contributed by atoms with Crippen LogP contribution in [-0.2, 0) is 0 Å². The summed E-state index contributed by atoms with van der Waals surface area (Å²) in [6.07, 6.45) is 1.90. The zero-order chi connectivity index (χ0) is 9.98. The average molecular weight is 206 g/mol. The van der Waals surface area contributed by atoms with Crippen LogP contribution in [0.25, 0.3) is 0 Å². The van der Waals surface area contributed by atoms with E-state index in [4.69, 9.17) is 24.4 Å². The van der Waals surface area contributed by atoms with Gasteiger partial charge in [-0.15, -0.1) is 0 Å². The van der Waals surface area contributed by atoms with Crippen molar-refractivity contribution < 1.29 is 0 Å². The number of rotatable bonds is 2. The van der Waals surface area contributed by atoms with E-state index in [9.17, 15) is 0 Å². The molecule has 0 amide bonds. The van der Waals surface area contributed by atoms with Crippen molar-refractivity contribution in [3.05, 3.63) is 0 Å². The molecule has 0 aliphatic heterocycles. The van der Waals surface area contributed by atoms with Crippen molar-refractivity contribution in [2.45, 2.75) is 26.7 Å². The van der Waals surface area contributed by atoms with E-state index in [-0.39, 0.29) is 0 Å². The summed E-state index contributed by atoms with van der Waals surface area (Å²) in [5.74, 6) is 0. The van der Waals surface area contributed by atoms with Gasteiger partial charge in [-0.1, -0.05) is 38.3 Å². The number of hydrogen-bond donors (Lipinski definition) is 2. The Kier molecular flexibility index (Phi) is 12.9. The molecule has 0 rings (SSSR count). The second-order valence-corrected chi connectivity index (χ2v) is 3.04. The predicted octanol–water partition coefficient (Wildman–Crippen LogP) is 1.89. The molecule has 4 heteroatoms. The molecule has 0 aromatic carbocycles. The van der Waals surface area contributed by atoms with Crippen LogP contribution in [0, 0.1) is 0 Å². The molecule has 0 saturated carbocycles. The summed E-state index contributed by atoms with van der Waals surface area (Å²) in [6, 6.07) is 0. The second-order valence-electron chi connectivity index (χ2n) is 2.05. The highest BCUT2D eigenvalue weighted by atomic mass is 32.1. The number of hydrogen-bond acceptors (Lipinski definition) is 2. The third kappa shape index (κ3) is 12.5. The van der Waals surface area contributed by atoms with E-state index in [0.717, 1.165) is 22.8 Å². The van der Waals surface area contributed by atoms with E-state index in [1.165, 1.54) is 0 Å². The Morgan fingerprint density at radius 3 is 1.17 bits per heavy atom. The van der Waals surface area contributed by atoms with Gasteiger partial charge in [0, 0.05) is 14.1 Å². The molecule has 0 bridgehead atoms. The van der Waals surface area contributed by atoms with Crippen molar-refractivity contribution >= 4 is 34.4 Å². The first-order chi connectivity index (χ1) is 5.62. The minimum atomic E-state index is 0.926. The van der Waals surface area contributed by atoms with Crippen molar-refractivity contribution in [1.29, 1.82) is 0 Å². The van der Waals surface area contributed by atoms with Gasteiger partial charge in [0.15, 0.2) is 0 Å². The minimum Gasteiger partial charge on any atom is -0.383 e. The highest BCUT2D eigenvalue weighted by Crippen LogP contribution is 1.74. The first-order valence-corrected chi connectivity index (χ1v) is 4.85. The summed E-state index contributed by atoms with van der Waals surface area (Å²) < 4.78 is 0. The fourth-order valence-electron chi connectivity index (χ4n) is 0.354. The Hall–Kier alpha value is -0.220. The lowest BCUT2D eigenvalue weighted by Gasteiger charge is -1.91. The van der Waals surface area contributed by atoms with E-state index in [1.54, 1.807) is 0 Å². The molecule has 0 saturated heterocycles. The molecule has 0 fully saturated rings. The van der Waals surface area contributed by atoms with E-state index in [0.29, 0.717) is 0 Å². The molecular formula is C8H18N2S2. The largest absolute Gasteiger partial charge is 0.383 e. The van der Waals surface area contributed by atoms with Gasteiger partial charge in [0.05, 0.1) is 9.98 Å². The van der Waals surface area contributed by atoms with Gasteiger partial charge in [0.1, 0.15) is 0 Å². The third-order valence-electron chi connectivity index (χ3n) is 1.20. The predicted molar refractivity (Wildman–Crippen MR) is 63.9 cm³/mol. The Morgan fingerprint density at radius 2 is 1.17 bits per heavy atom. The van der Waals surface area contributed by atoms with Crippen molar-refractivity contribution in [3.8, 4) is 0 Å². The second kappa shape index (κ2) is 10.8. The van der Waals surface area contributed by atoms with Crippen LogP contribution in [0.2, 0.25) is 0 Å². The third-order valence-corrected chi connectivity index (χ3v) is 2.19. The lowest BCUT2D eigenvalue weighted by atomic mass is 10.5. The maximum atomic E-state index is 4.75. The van der Waals surface area contributed by atoms with Crippen LogP contribution in [0.1, 0.15) is 26.7 Å². The van der Waals surface area contributed by atoms with Gasteiger partial charge in [-0.3, -0.25) is 0 Å². The van der Waals surface area contributed by atoms with Crippen LogP contribution in [0.3, 0.4) is 0 Å². The normalized spacial score (nSPS) is 7.67. The Labute approximate surface area is 86.1 Å². The quantitative estimate of drug-likeness (QED) is 0.674. The summed E-state index contributed by atoms with van der Waals surface area (Å²) in [6.45, 7) is 4.05. The zero-order valence-corrected chi connectivity index (χ0v) is 9.86. The Balaban J connectivity index is 0. The van der Waals surface area contributed by atoms with Gasteiger partial charge >= 0.3 is 0 Å². The van der Waals surface area contributed by atoms with Crippen molar-refractivity contribution in [2.75, 3.05) is 14.1 Å². The van der Waals surface area contributed by atoms with E-state index in [2.05, 4.69) is 10.6 Å². The summed E-state index contributed by atoms with van der Waals surface area (Å²) in [5.41, 5.74) is 0. The maximum Gasteiger partial charge on any atom is 0.0747 e. The molecule has 0 aliphatic carbocycles. The molecule has 0 radical (unpaired) electrons. The molecule has 0 heterocycles. The van der Waals surface area contributed by atoms with E-state index in [1.807, 2.05) is 27.9 Å². The molecule has 0 atom stereocenters. The molecule has 0 unspecified atom stereocenters. The van der Waals surface area contributed by atoms with E-state index < -0.39 is 0 Å². The first-order valence-electron chi connectivity index (χ1n) is 4.03. The van der Waals surface area contributed by atoms with Gasteiger partial charge in [-0.2, -0.15) is 0 Å². The van der Waals surface area contributed by atoms with Crippen LogP contribution in [-0.4, -0.2) is 24.1 Å². The smallest absolute Gasteiger partial charge is 0.0747 e. The van der Waals surface area contributed by atoms with Gasteiger partial charge in [0.2, 0.25) is 0 Å². The molecular weight excluding hydrogens is 188 g/mol. The fraction of sp³-hybridized carbons (Fsp3) is 0.750. The molecule has 0 spiro atoms. The Morgan fingerprint density at radius 1 is 0.917 bits per heavy atom. The SMILES string of the molecule is CCC(=S)NC.CCC(=S)NC. The summed E-state index contributed by atoms with van der Waals surface area (Å²) in [5, 5.41) is 5.69. The Bertz CT molecular complexity index is 107. The minimum absolute atomic E-state index is 0.926. The van der Waals surface area contributed by atoms with Gasteiger partial charge < -0.3 is 10.6 Å². The molecule has 12 heavy (non-hydrogen) atoms. The fourth-order valence-corrected chi connectivity index (χ4v) is 0.354. The average Bonchev–Trinajstić information content (AvgIpc) is 2.16. The number of thiocarbonyl (C=S) groups is 2. The van der Waals surface area contributed by atoms with Gasteiger partial charge in [-0.25, -0.2) is 0 Å². The standard InChI is InChI=1S/2C4H9NS/c2*1-3-4(6)5-2/h2*3H2,1-2H3,(H,5,6). The molecule has 0 aromatic rings. The van der Waals surface area contributed by atoms with Crippen LogP contribution < -0.4 is 10.6 Å². The van der Waals surface area contributed by atoms with Gasteiger partial charge in [-0.05, 0) is 12.8 Å². The zero-order valence-electron chi connectivity index (χ0n) is 8.23. The van der Waals surface area contributed by atoms with Gasteiger partial charge in [0.25, 0.3) is 0 Å². The molecule has 0 aromatic heterocycles. The highest BCUT2D eigenvalue weighted by Gasteiger charge is 1.79. The maximum absolute atomic E-state index is 4.75. The summed E-state index contributed by atoms with van der Waals surface area (Å²) in [7, 11) is 3.68. The lowest BCUT2D eigenvalue weighted by molar-refractivity contribution is 1.12. The molecule has 2 nitrogen and oxygen atoms in total. The van der Waals surface area contributed by atoms with Crippen LogP contribution >= 0.6 is 24.4 Å². The summed E-state index contributed by atoms with van der Waals surface area (Å²) >= 11 is 9.49. The molecule has 2 N–H and O–H groups in total.